The largest absolute Gasteiger partial charge is 0.383 e. The quantitative estimate of drug-likeness (QED) is 0.806. The van der Waals surface area contributed by atoms with Crippen molar-refractivity contribution in [1.82, 2.24) is 10.2 Å². The third kappa shape index (κ3) is 2.36. The zero-order valence-electron chi connectivity index (χ0n) is 11.2. The van der Waals surface area contributed by atoms with Crippen molar-refractivity contribution >= 4 is 11.8 Å². The van der Waals surface area contributed by atoms with Crippen molar-refractivity contribution in [2.45, 2.75) is 50.6 Å². The van der Waals surface area contributed by atoms with Gasteiger partial charge in [0, 0.05) is 20.1 Å². The highest BCUT2D eigenvalue weighted by molar-refractivity contribution is 5.94. The van der Waals surface area contributed by atoms with E-state index in [0.717, 1.165) is 25.7 Å². The molecule has 1 atom stereocenters. The first kappa shape index (κ1) is 13.3. The lowest BCUT2D eigenvalue weighted by molar-refractivity contribution is -0.141. The van der Waals surface area contributed by atoms with Crippen molar-refractivity contribution in [3.8, 4) is 0 Å². The summed E-state index contributed by atoms with van der Waals surface area (Å²) in [6, 6.07) is 0.0210. The van der Waals surface area contributed by atoms with Gasteiger partial charge in [-0.05, 0) is 19.8 Å². The molecule has 0 aromatic rings. The van der Waals surface area contributed by atoms with Gasteiger partial charge in [-0.1, -0.05) is 12.8 Å². The Labute approximate surface area is 108 Å². The minimum Gasteiger partial charge on any atom is -0.383 e. The molecule has 1 aliphatic carbocycles. The number of hydrogen-bond acceptors (Lipinski definition) is 3. The Kier molecular flexibility index (Phi) is 3.90. The average Bonchev–Trinajstić information content (AvgIpc) is 2.74. The molecule has 2 rings (SSSR count). The summed E-state index contributed by atoms with van der Waals surface area (Å²) in [5, 5.41) is 2.96. The number of rotatable bonds is 3. The monoisotopic (exact) mass is 254 g/mol. The van der Waals surface area contributed by atoms with E-state index in [1.807, 2.05) is 11.8 Å². The van der Waals surface area contributed by atoms with Crippen LogP contribution >= 0.6 is 0 Å². The van der Waals surface area contributed by atoms with E-state index in [1.165, 1.54) is 0 Å². The maximum absolute atomic E-state index is 12.7. The Bertz CT molecular complexity index is 337. The Hall–Kier alpha value is -1.10. The molecule has 18 heavy (non-hydrogen) atoms. The summed E-state index contributed by atoms with van der Waals surface area (Å²) in [5.41, 5.74) is -0.629. The average molecular weight is 254 g/mol. The van der Waals surface area contributed by atoms with Crippen LogP contribution in [0.3, 0.4) is 0 Å². The number of carbonyl (C=O) groups is 2. The number of nitrogens with zero attached hydrogens (tertiary/aromatic N) is 1. The van der Waals surface area contributed by atoms with Crippen molar-refractivity contribution in [3.63, 3.8) is 0 Å². The van der Waals surface area contributed by atoms with Gasteiger partial charge in [-0.2, -0.15) is 0 Å². The van der Waals surface area contributed by atoms with Crippen LogP contribution in [-0.2, 0) is 14.3 Å². The van der Waals surface area contributed by atoms with Crippen molar-refractivity contribution in [3.05, 3.63) is 0 Å². The van der Waals surface area contributed by atoms with Crippen LogP contribution < -0.4 is 5.32 Å². The molecule has 1 aliphatic heterocycles. The van der Waals surface area contributed by atoms with Crippen LogP contribution in [0.1, 0.15) is 39.0 Å². The lowest BCUT2D eigenvalue weighted by Gasteiger charge is -2.34. The third-order valence-corrected chi connectivity index (χ3v) is 4.03. The Morgan fingerprint density at radius 3 is 2.67 bits per heavy atom. The molecule has 0 aromatic heterocycles. The molecule has 1 heterocycles. The second-order valence-corrected chi connectivity index (χ2v) is 5.39. The number of hydrogen-bond donors (Lipinski definition) is 1. The Morgan fingerprint density at radius 1 is 1.39 bits per heavy atom. The van der Waals surface area contributed by atoms with Gasteiger partial charge in [-0.25, -0.2) is 0 Å². The number of ether oxygens (including phenoxy) is 1. The van der Waals surface area contributed by atoms with E-state index < -0.39 is 5.54 Å². The minimum atomic E-state index is -0.629. The third-order valence-electron chi connectivity index (χ3n) is 4.03. The fourth-order valence-electron chi connectivity index (χ4n) is 3.05. The van der Waals surface area contributed by atoms with E-state index in [-0.39, 0.29) is 17.9 Å². The van der Waals surface area contributed by atoms with Gasteiger partial charge in [0.1, 0.15) is 5.54 Å². The van der Waals surface area contributed by atoms with Gasteiger partial charge in [0.05, 0.1) is 12.6 Å². The zero-order chi connectivity index (χ0) is 13.2. The molecule has 0 radical (unpaired) electrons. The summed E-state index contributed by atoms with van der Waals surface area (Å²) in [5.74, 6) is 0.0766. The van der Waals surface area contributed by atoms with Crippen LogP contribution in [0.15, 0.2) is 0 Å². The van der Waals surface area contributed by atoms with Crippen LogP contribution in [0.4, 0.5) is 0 Å². The van der Waals surface area contributed by atoms with E-state index in [0.29, 0.717) is 19.6 Å². The van der Waals surface area contributed by atoms with Crippen molar-refractivity contribution in [2.24, 2.45) is 0 Å². The maximum Gasteiger partial charge on any atom is 0.248 e. The molecule has 2 aliphatic rings. The number of carbonyl (C=O) groups excluding carboxylic acids is 2. The van der Waals surface area contributed by atoms with Crippen molar-refractivity contribution < 1.29 is 14.3 Å². The normalized spacial score (nSPS) is 25.1. The van der Waals surface area contributed by atoms with Gasteiger partial charge in [0.2, 0.25) is 11.8 Å². The molecule has 5 nitrogen and oxygen atoms in total. The molecular formula is C13H22N2O3. The number of methoxy groups -OCH3 is 1. The fourth-order valence-corrected chi connectivity index (χ4v) is 3.05. The van der Waals surface area contributed by atoms with Gasteiger partial charge in [0.25, 0.3) is 0 Å². The standard InChI is InChI=1S/C13H22N2O3/c1-10(9-18-2)15-8-5-11(16)14-13(12(15)17)6-3-4-7-13/h10H,3-9H2,1-2H3,(H,14,16). The van der Waals surface area contributed by atoms with Gasteiger partial charge >= 0.3 is 0 Å². The minimum absolute atomic E-state index is 0.00244. The van der Waals surface area contributed by atoms with Crippen molar-refractivity contribution in [1.29, 1.82) is 0 Å². The van der Waals surface area contributed by atoms with E-state index in [2.05, 4.69) is 5.32 Å². The zero-order valence-corrected chi connectivity index (χ0v) is 11.2. The Balaban J connectivity index is 2.20. The first-order valence-electron chi connectivity index (χ1n) is 6.70. The predicted molar refractivity (Wildman–Crippen MR) is 67.0 cm³/mol. The molecule has 2 fully saturated rings. The highest BCUT2D eigenvalue weighted by Crippen LogP contribution is 2.33. The van der Waals surface area contributed by atoms with Crippen molar-refractivity contribution in [2.75, 3.05) is 20.3 Å². The lowest BCUT2D eigenvalue weighted by atomic mass is 9.95. The molecule has 1 spiro atoms. The molecule has 1 N–H and O–H groups in total. The molecule has 0 aromatic carbocycles. The molecule has 2 amide bonds. The number of nitrogens with one attached hydrogen (secondary N) is 1. The van der Waals surface area contributed by atoms with Gasteiger partial charge in [-0.3, -0.25) is 9.59 Å². The van der Waals surface area contributed by atoms with Crippen LogP contribution in [0.5, 0.6) is 0 Å². The molecule has 5 heteroatoms. The van der Waals surface area contributed by atoms with Crippen LogP contribution in [0.25, 0.3) is 0 Å². The van der Waals surface area contributed by atoms with E-state index in [1.54, 1.807) is 7.11 Å². The van der Waals surface area contributed by atoms with Gasteiger partial charge in [0.15, 0.2) is 0 Å². The summed E-state index contributed by atoms with van der Waals surface area (Å²) in [6.07, 6.45) is 3.96. The van der Waals surface area contributed by atoms with Gasteiger partial charge < -0.3 is 15.0 Å². The summed E-state index contributed by atoms with van der Waals surface area (Å²) in [4.78, 5) is 26.3. The summed E-state index contributed by atoms with van der Waals surface area (Å²) >= 11 is 0. The van der Waals surface area contributed by atoms with Crippen LogP contribution in [-0.4, -0.2) is 48.6 Å². The highest BCUT2D eigenvalue weighted by atomic mass is 16.5. The summed E-state index contributed by atoms with van der Waals surface area (Å²) in [6.45, 7) is 2.98. The first-order chi connectivity index (χ1) is 8.59. The number of amides is 2. The topological polar surface area (TPSA) is 58.6 Å². The second-order valence-electron chi connectivity index (χ2n) is 5.39. The highest BCUT2D eigenvalue weighted by Gasteiger charge is 2.47. The summed E-state index contributed by atoms with van der Waals surface area (Å²) < 4.78 is 5.12. The van der Waals surface area contributed by atoms with Gasteiger partial charge in [-0.15, -0.1) is 0 Å². The SMILES string of the molecule is COCC(C)N1CCC(=O)NC2(CCCC2)C1=O. The smallest absolute Gasteiger partial charge is 0.248 e. The summed E-state index contributed by atoms with van der Waals surface area (Å²) in [7, 11) is 1.63. The molecule has 1 saturated carbocycles. The lowest BCUT2D eigenvalue weighted by Crippen LogP contribution is -2.57. The molecule has 1 saturated heterocycles. The molecule has 0 bridgehead atoms. The predicted octanol–water partition coefficient (Wildman–Crippen LogP) is 0.683. The van der Waals surface area contributed by atoms with Crippen LogP contribution in [0, 0.1) is 0 Å². The molecule has 102 valence electrons. The van der Waals surface area contributed by atoms with Crippen LogP contribution in [0.2, 0.25) is 0 Å². The van der Waals surface area contributed by atoms with E-state index in [9.17, 15) is 9.59 Å². The first-order valence-corrected chi connectivity index (χ1v) is 6.70. The van der Waals surface area contributed by atoms with E-state index in [4.69, 9.17) is 4.74 Å². The second kappa shape index (κ2) is 5.26. The van der Waals surface area contributed by atoms with E-state index >= 15 is 0 Å². The molecule has 1 unspecified atom stereocenters. The Morgan fingerprint density at radius 2 is 2.06 bits per heavy atom. The maximum atomic E-state index is 12.7. The molecular weight excluding hydrogens is 232 g/mol. The fraction of sp³-hybridized carbons (Fsp3) is 0.846.